The Labute approximate surface area is 142 Å². The van der Waals surface area contributed by atoms with E-state index in [1.165, 1.54) is 11.3 Å². The molecule has 5 nitrogen and oxygen atoms in total. The number of carbonyl (C=O) groups excluding carboxylic acids is 2. The van der Waals surface area contributed by atoms with Crippen molar-refractivity contribution in [2.24, 2.45) is 5.73 Å². The third-order valence-electron chi connectivity index (χ3n) is 3.49. The molecule has 4 N–H and O–H groups in total. The fourth-order valence-electron chi connectivity index (χ4n) is 2.35. The van der Waals surface area contributed by atoms with Crippen LogP contribution in [-0.4, -0.2) is 17.3 Å². The van der Waals surface area contributed by atoms with E-state index in [2.05, 4.69) is 22.9 Å². The standard InChI is InChI=1S/C16H13N3O2S2/c17-14(16(21)19-8-22)5-12-4-11(7-23-12)9-1-2-13-10(3-9)6-18-15(13)20/h1-5,7-8H,6,17H2,(H,18,20)(H,19,21,22)/b14-5+. The van der Waals surface area contributed by atoms with Gasteiger partial charge in [-0.05, 0) is 46.3 Å². The van der Waals surface area contributed by atoms with Crippen LogP contribution in [0.4, 0.5) is 0 Å². The lowest BCUT2D eigenvalue weighted by Crippen LogP contribution is -2.26. The predicted molar refractivity (Wildman–Crippen MR) is 94.9 cm³/mol. The predicted octanol–water partition coefficient (Wildman–Crippen LogP) is 2.03. The maximum atomic E-state index is 11.6. The minimum Gasteiger partial charge on any atom is -0.394 e. The molecule has 0 radical (unpaired) electrons. The van der Waals surface area contributed by atoms with Crippen LogP contribution in [0.15, 0.2) is 35.3 Å². The largest absolute Gasteiger partial charge is 0.394 e. The van der Waals surface area contributed by atoms with Crippen LogP contribution in [0.3, 0.4) is 0 Å². The van der Waals surface area contributed by atoms with Crippen molar-refractivity contribution in [3.8, 4) is 11.1 Å². The summed E-state index contributed by atoms with van der Waals surface area (Å²) in [5, 5.41) is 7.15. The molecular formula is C16H13N3O2S2. The Hall–Kier alpha value is -2.51. The zero-order valence-corrected chi connectivity index (χ0v) is 13.6. The summed E-state index contributed by atoms with van der Waals surface area (Å²) in [6.07, 6.45) is 1.61. The maximum absolute atomic E-state index is 11.6. The van der Waals surface area contributed by atoms with Crippen molar-refractivity contribution in [3.05, 3.63) is 51.3 Å². The molecule has 2 heterocycles. The van der Waals surface area contributed by atoms with Gasteiger partial charge in [0.1, 0.15) is 0 Å². The minimum atomic E-state index is -0.419. The summed E-state index contributed by atoms with van der Waals surface area (Å²) in [6, 6.07) is 7.71. The van der Waals surface area contributed by atoms with Crippen LogP contribution in [-0.2, 0) is 11.3 Å². The van der Waals surface area contributed by atoms with Gasteiger partial charge in [0, 0.05) is 17.0 Å². The van der Waals surface area contributed by atoms with E-state index in [1.54, 1.807) is 6.08 Å². The van der Waals surface area contributed by atoms with E-state index in [9.17, 15) is 9.59 Å². The number of hydrogen-bond donors (Lipinski definition) is 3. The van der Waals surface area contributed by atoms with Gasteiger partial charge in [-0.2, -0.15) is 0 Å². The molecule has 0 saturated carbocycles. The summed E-state index contributed by atoms with van der Waals surface area (Å²) in [7, 11) is 0. The first-order chi connectivity index (χ1) is 11.1. The van der Waals surface area contributed by atoms with Crippen molar-refractivity contribution in [1.82, 2.24) is 10.6 Å². The second kappa shape index (κ2) is 6.31. The van der Waals surface area contributed by atoms with Gasteiger partial charge in [-0.3, -0.25) is 9.59 Å². The molecule has 0 fully saturated rings. The Bertz CT molecular complexity index is 840. The van der Waals surface area contributed by atoms with E-state index in [1.807, 2.05) is 29.6 Å². The van der Waals surface area contributed by atoms with E-state index in [0.717, 1.165) is 32.6 Å². The van der Waals surface area contributed by atoms with Gasteiger partial charge in [0.15, 0.2) is 0 Å². The molecule has 0 spiro atoms. The summed E-state index contributed by atoms with van der Waals surface area (Å²) in [5.41, 5.74) is 10.7. The first-order valence-electron chi connectivity index (χ1n) is 6.80. The van der Waals surface area contributed by atoms with Gasteiger partial charge in [0.25, 0.3) is 11.8 Å². The Morgan fingerprint density at radius 3 is 2.96 bits per heavy atom. The molecule has 3 rings (SSSR count). The maximum Gasteiger partial charge on any atom is 0.271 e. The first-order valence-corrected chi connectivity index (χ1v) is 8.15. The Balaban J connectivity index is 1.85. The molecule has 0 aliphatic carbocycles. The molecule has 2 aromatic rings. The summed E-state index contributed by atoms with van der Waals surface area (Å²) < 4.78 is 0. The Morgan fingerprint density at radius 1 is 1.35 bits per heavy atom. The number of amides is 2. The second-order valence-electron chi connectivity index (χ2n) is 4.98. The van der Waals surface area contributed by atoms with Gasteiger partial charge >= 0.3 is 0 Å². The lowest BCUT2D eigenvalue weighted by molar-refractivity contribution is -0.116. The van der Waals surface area contributed by atoms with Crippen molar-refractivity contribution < 1.29 is 9.59 Å². The number of carbonyl (C=O) groups is 2. The van der Waals surface area contributed by atoms with Crippen LogP contribution >= 0.6 is 23.6 Å². The van der Waals surface area contributed by atoms with E-state index in [0.29, 0.717) is 6.54 Å². The van der Waals surface area contributed by atoms with E-state index in [-0.39, 0.29) is 11.6 Å². The van der Waals surface area contributed by atoms with Crippen LogP contribution in [0, 0.1) is 0 Å². The van der Waals surface area contributed by atoms with Crippen molar-refractivity contribution in [2.45, 2.75) is 6.54 Å². The lowest BCUT2D eigenvalue weighted by Gasteiger charge is -2.01. The number of nitrogens with two attached hydrogens (primary N) is 1. The summed E-state index contributed by atoms with van der Waals surface area (Å²) >= 11 is 6.05. The molecule has 1 aliphatic heterocycles. The normalized spacial score (nSPS) is 13.4. The van der Waals surface area contributed by atoms with Crippen molar-refractivity contribution >= 4 is 46.9 Å². The third kappa shape index (κ3) is 3.15. The number of benzene rings is 1. The molecule has 1 aromatic heterocycles. The highest BCUT2D eigenvalue weighted by Gasteiger charge is 2.18. The first kappa shape index (κ1) is 15.4. The second-order valence-corrected chi connectivity index (χ2v) is 6.16. The van der Waals surface area contributed by atoms with Gasteiger partial charge in [0.2, 0.25) is 0 Å². The highest BCUT2D eigenvalue weighted by molar-refractivity contribution is 7.78. The molecule has 23 heavy (non-hydrogen) atoms. The van der Waals surface area contributed by atoms with Crippen LogP contribution in [0.2, 0.25) is 0 Å². The number of fused-ring (bicyclic) bond motifs is 1. The topological polar surface area (TPSA) is 84.2 Å². The minimum absolute atomic E-state index is 0.0298. The fraction of sp³-hybridized carbons (Fsp3) is 0.0625. The zero-order valence-electron chi connectivity index (χ0n) is 12.0. The summed E-state index contributed by atoms with van der Waals surface area (Å²) in [5.74, 6) is -0.449. The van der Waals surface area contributed by atoms with Gasteiger partial charge in [-0.15, -0.1) is 11.3 Å². The zero-order chi connectivity index (χ0) is 16.4. The number of rotatable bonds is 4. The highest BCUT2D eigenvalue weighted by Crippen LogP contribution is 2.29. The van der Waals surface area contributed by atoms with Crippen LogP contribution in [0.25, 0.3) is 17.2 Å². The van der Waals surface area contributed by atoms with Gasteiger partial charge in [-0.1, -0.05) is 18.3 Å². The van der Waals surface area contributed by atoms with Crippen LogP contribution in [0.5, 0.6) is 0 Å². The van der Waals surface area contributed by atoms with Crippen molar-refractivity contribution in [2.75, 3.05) is 0 Å². The molecule has 2 amide bonds. The summed E-state index contributed by atoms with van der Waals surface area (Å²) in [4.78, 5) is 24.0. The van der Waals surface area contributed by atoms with Crippen LogP contribution < -0.4 is 16.4 Å². The van der Waals surface area contributed by atoms with Crippen LogP contribution in [0.1, 0.15) is 20.8 Å². The number of hydrogen-bond acceptors (Lipinski definition) is 5. The SMILES string of the molecule is N/C(=C/c1cc(-c2ccc3c(c2)CNC3=O)cs1)C(=O)NC=S. The quantitative estimate of drug-likeness (QED) is 0.586. The average molecular weight is 343 g/mol. The molecule has 0 bridgehead atoms. The molecule has 116 valence electrons. The van der Waals surface area contributed by atoms with Gasteiger partial charge in [-0.25, -0.2) is 0 Å². The summed E-state index contributed by atoms with van der Waals surface area (Å²) in [6.45, 7) is 0.559. The number of thiocarbonyl (C=S) groups is 1. The molecular weight excluding hydrogens is 330 g/mol. The molecule has 1 aromatic carbocycles. The molecule has 7 heteroatoms. The number of nitrogens with one attached hydrogen (secondary N) is 2. The van der Waals surface area contributed by atoms with E-state index < -0.39 is 5.91 Å². The monoisotopic (exact) mass is 343 g/mol. The Kier molecular flexibility index (Phi) is 4.22. The van der Waals surface area contributed by atoms with Gasteiger partial charge < -0.3 is 16.4 Å². The Morgan fingerprint density at radius 2 is 2.17 bits per heavy atom. The molecule has 0 unspecified atom stereocenters. The average Bonchev–Trinajstić information content (AvgIpc) is 3.14. The van der Waals surface area contributed by atoms with E-state index >= 15 is 0 Å². The smallest absolute Gasteiger partial charge is 0.271 e. The third-order valence-corrected chi connectivity index (χ3v) is 4.49. The lowest BCUT2D eigenvalue weighted by atomic mass is 10.0. The fourth-order valence-corrected chi connectivity index (χ4v) is 3.31. The van der Waals surface area contributed by atoms with Crippen molar-refractivity contribution in [1.29, 1.82) is 0 Å². The van der Waals surface area contributed by atoms with Crippen molar-refractivity contribution in [3.63, 3.8) is 0 Å². The highest BCUT2D eigenvalue weighted by atomic mass is 32.1. The molecule has 1 aliphatic rings. The van der Waals surface area contributed by atoms with E-state index in [4.69, 9.17) is 5.73 Å². The number of thiophene rings is 1. The molecule has 0 saturated heterocycles. The molecule has 0 atom stereocenters. The van der Waals surface area contributed by atoms with Gasteiger partial charge in [0.05, 0.1) is 11.2 Å².